The topological polar surface area (TPSA) is 93.4 Å². The highest BCUT2D eigenvalue weighted by atomic mass is 16.5. The van der Waals surface area contributed by atoms with Gasteiger partial charge in [0.05, 0.1) is 13.0 Å². The van der Waals surface area contributed by atoms with E-state index in [2.05, 4.69) is 25.7 Å². The average Bonchev–Trinajstić information content (AvgIpc) is 2.85. The molecule has 0 saturated carbocycles. The lowest BCUT2D eigenvalue weighted by molar-refractivity contribution is -0.120. The molecule has 0 spiro atoms. The summed E-state index contributed by atoms with van der Waals surface area (Å²) in [6, 6.07) is 1.93. The van der Waals surface area contributed by atoms with Crippen LogP contribution in [0.15, 0.2) is 6.07 Å². The molecular formula is C14H22N6O2. The monoisotopic (exact) mass is 306 g/mol. The number of aromatic nitrogens is 4. The maximum atomic E-state index is 11.9. The van der Waals surface area contributed by atoms with Crippen molar-refractivity contribution in [2.24, 2.45) is 0 Å². The van der Waals surface area contributed by atoms with E-state index in [1.54, 1.807) is 11.6 Å². The molecule has 0 bridgehead atoms. The average molecular weight is 306 g/mol. The molecule has 1 amide bonds. The molecule has 0 radical (unpaired) electrons. The van der Waals surface area contributed by atoms with E-state index in [1.807, 2.05) is 19.9 Å². The Hall–Kier alpha value is -2.06. The second-order valence-electron chi connectivity index (χ2n) is 5.05. The minimum absolute atomic E-state index is 0.0983. The maximum absolute atomic E-state index is 11.9. The van der Waals surface area contributed by atoms with Gasteiger partial charge in [-0.25, -0.2) is 9.50 Å². The number of aryl methyl sites for hydroxylation is 2. The van der Waals surface area contributed by atoms with Gasteiger partial charge in [-0.05, 0) is 19.9 Å². The quantitative estimate of drug-likeness (QED) is 0.647. The van der Waals surface area contributed by atoms with Crippen LogP contribution in [0.5, 0.6) is 0 Å². The molecule has 2 heterocycles. The lowest BCUT2D eigenvalue weighted by Gasteiger charge is -2.05. The number of rotatable bonds is 8. The number of carbonyl (C=O) groups excluding carboxylic acids is 1. The Morgan fingerprint density at radius 3 is 2.86 bits per heavy atom. The van der Waals surface area contributed by atoms with Gasteiger partial charge in [0.25, 0.3) is 5.78 Å². The Morgan fingerprint density at radius 1 is 1.27 bits per heavy atom. The molecule has 0 aliphatic heterocycles. The summed E-state index contributed by atoms with van der Waals surface area (Å²) in [5, 5.41) is 10.3. The molecule has 0 fully saturated rings. The molecule has 2 aromatic rings. The van der Waals surface area contributed by atoms with E-state index >= 15 is 0 Å². The molecule has 0 unspecified atom stereocenters. The van der Waals surface area contributed by atoms with Crippen LogP contribution in [0.1, 0.15) is 17.2 Å². The number of carbonyl (C=O) groups is 1. The second kappa shape index (κ2) is 7.81. The van der Waals surface area contributed by atoms with E-state index in [4.69, 9.17) is 4.74 Å². The summed E-state index contributed by atoms with van der Waals surface area (Å²) < 4.78 is 6.58. The van der Waals surface area contributed by atoms with E-state index in [1.165, 1.54) is 0 Å². The first kappa shape index (κ1) is 16.3. The van der Waals surface area contributed by atoms with Crippen molar-refractivity contribution in [1.29, 1.82) is 0 Å². The van der Waals surface area contributed by atoms with Gasteiger partial charge in [-0.1, -0.05) is 0 Å². The molecule has 22 heavy (non-hydrogen) atoms. The van der Waals surface area contributed by atoms with Crippen LogP contribution < -0.4 is 10.6 Å². The summed E-state index contributed by atoms with van der Waals surface area (Å²) in [4.78, 5) is 20.5. The fraction of sp³-hybridized carbons (Fsp3) is 0.571. The second-order valence-corrected chi connectivity index (χ2v) is 5.05. The molecule has 0 atom stereocenters. The third kappa shape index (κ3) is 4.47. The molecule has 0 aromatic carbocycles. The number of ether oxygens (including phenoxy) is 1. The van der Waals surface area contributed by atoms with Crippen LogP contribution in [-0.2, 0) is 16.0 Å². The number of methoxy groups -OCH3 is 1. The largest absolute Gasteiger partial charge is 0.383 e. The standard InChI is InChI=1S/C14H22N6O2/c1-10-8-11(2)20-14(17-10)18-12(19-20)9-13(21)16-5-4-15-6-7-22-3/h8,15H,4-7,9H2,1-3H3,(H,16,21). The molecular weight excluding hydrogens is 284 g/mol. The lowest BCUT2D eigenvalue weighted by Crippen LogP contribution is -2.34. The zero-order valence-electron chi connectivity index (χ0n) is 13.2. The molecule has 2 aromatic heterocycles. The molecule has 0 saturated heterocycles. The number of fused-ring (bicyclic) bond motifs is 1. The van der Waals surface area contributed by atoms with Gasteiger partial charge < -0.3 is 15.4 Å². The zero-order valence-corrected chi connectivity index (χ0v) is 13.2. The van der Waals surface area contributed by atoms with Crippen LogP contribution in [-0.4, -0.2) is 58.8 Å². The predicted octanol–water partition coefficient (Wildman–Crippen LogP) is -0.364. The van der Waals surface area contributed by atoms with Crippen LogP contribution in [0.2, 0.25) is 0 Å². The third-order valence-electron chi connectivity index (χ3n) is 3.09. The minimum atomic E-state index is -0.0983. The first-order valence-corrected chi connectivity index (χ1v) is 7.26. The van der Waals surface area contributed by atoms with Gasteiger partial charge in [0.15, 0.2) is 5.82 Å². The minimum Gasteiger partial charge on any atom is -0.383 e. The van der Waals surface area contributed by atoms with E-state index in [9.17, 15) is 4.79 Å². The molecule has 0 aliphatic carbocycles. The molecule has 120 valence electrons. The van der Waals surface area contributed by atoms with Crippen molar-refractivity contribution in [3.8, 4) is 0 Å². The summed E-state index contributed by atoms with van der Waals surface area (Å²) in [6.07, 6.45) is 0.153. The maximum Gasteiger partial charge on any atom is 0.252 e. The number of hydrogen-bond acceptors (Lipinski definition) is 6. The Morgan fingerprint density at radius 2 is 2.09 bits per heavy atom. The predicted molar refractivity (Wildman–Crippen MR) is 81.7 cm³/mol. The summed E-state index contributed by atoms with van der Waals surface area (Å²) in [6.45, 7) is 6.53. The molecule has 2 N–H and O–H groups in total. The number of nitrogens with one attached hydrogen (secondary N) is 2. The highest BCUT2D eigenvalue weighted by Crippen LogP contribution is 2.05. The van der Waals surface area contributed by atoms with Crippen LogP contribution >= 0.6 is 0 Å². The summed E-state index contributed by atoms with van der Waals surface area (Å²) >= 11 is 0. The van der Waals surface area contributed by atoms with E-state index in [0.717, 1.165) is 17.9 Å². The number of nitrogens with zero attached hydrogens (tertiary/aromatic N) is 4. The van der Waals surface area contributed by atoms with Crippen molar-refractivity contribution < 1.29 is 9.53 Å². The van der Waals surface area contributed by atoms with Gasteiger partial charge in [-0.15, -0.1) is 5.10 Å². The highest BCUT2D eigenvalue weighted by Gasteiger charge is 2.11. The Labute approximate surface area is 129 Å². The van der Waals surface area contributed by atoms with Gasteiger partial charge in [0, 0.05) is 38.1 Å². The SMILES string of the molecule is COCCNCCNC(=O)Cc1nc2nc(C)cc(C)n2n1. The molecule has 8 nitrogen and oxygen atoms in total. The van der Waals surface area contributed by atoms with E-state index < -0.39 is 0 Å². The summed E-state index contributed by atoms with van der Waals surface area (Å²) in [7, 11) is 1.66. The first-order valence-electron chi connectivity index (χ1n) is 7.26. The smallest absolute Gasteiger partial charge is 0.252 e. The van der Waals surface area contributed by atoms with Crippen molar-refractivity contribution in [2.75, 3.05) is 33.4 Å². The Bertz CT molecular complexity index is 640. The molecule has 0 aliphatic rings. The van der Waals surface area contributed by atoms with Crippen LogP contribution in [0, 0.1) is 13.8 Å². The van der Waals surface area contributed by atoms with Gasteiger partial charge in [-0.3, -0.25) is 4.79 Å². The zero-order chi connectivity index (χ0) is 15.9. The van der Waals surface area contributed by atoms with Crippen LogP contribution in [0.25, 0.3) is 5.78 Å². The normalized spacial score (nSPS) is 11.0. The number of amides is 1. The first-order chi connectivity index (χ1) is 10.6. The van der Waals surface area contributed by atoms with Crippen LogP contribution in [0.3, 0.4) is 0 Å². The van der Waals surface area contributed by atoms with Gasteiger partial charge in [0.2, 0.25) is 5.91 Å². The van der Waals surface area contributed by atoms with Crippen molar-refractivity contribution in [1.82, 2.24) is 30.2 Å². The molecule has 8 heteroatoms. The van der Waals surface area contributed by atoms with Gasteiger partial charge >= 0.3 is 0 Å². The fourth-order valence-electron chi connectivity index (χ4n) is 2.08. The Kier molecular flexibility index (Phi) is 5.79. The van der Waals surface area contributed by atoms with Gasteiger partial charge in [-0.2, -0.15) is 4.98 Å². The van der Waals surface area contributed by atoms with Crippen molar-refractivity contribution in [2.45, 2.75) is 20.3 Å². The third-order valence-corrected chi connectivity index (χ3v) is 3.09. The van der Waals surface area contributed by atoms with Crippen LogP contribution in [0.4, 0.5) is 0 Å². The van der Waals surface area contributed by atoms with Gasteiger partial charge in [0.1, 0.15) is 0 Å². The fourth-order valence-corrected chi connectivity index (χ4v) is 2.08. The van der Waals surface area contributed by atoms with Crippen molar-refractivity contribution in [3.63, 3.8) is 0 Å². The van der Waals surface area contributed by atoms with E-state index in [0.29, 0.717) is 31.3 Å². The van der Waals surface area contributed by atoms with Crippen molar-refractivity contribution in [3.05, 3.63) is 23.3 Å². The summed E-state index contributed by atoms with van der Waals surface area (Å²) in [5.74, 6) is 0.909. The lowest BCUT2D eigenvalue weighted by atomic mass is 10.4. The molecule has 2 rings (SSSR count). The van der Waals surface area contributed by atoms with Crippen molar-refractivity contribution >= 4 is 11.7 Å². The number of hydrogen-bond donors (Lipinski definition) is 2. The highest BCUT2D eigenvalue weighted by molar-refractivity contribution is 5.77. The Balaban J connectivity index is 1.83. The summed E-state index contributed by atoms with van der Waals surface area (Å²) in [5.41, 5.74) is 1.83. The van der Waals surface area contributed by atoms with E-state index in [-0.39, 0.29) is 12.3 Å².